The highest BCUT2D eigenvalue weighted by Gasteiger charge is 2.63. The van der Waals surface area contributed by atoms with Crippen molar-refractivity contribution in [3.05, 3.63) is 57.1 Å². The number of rotatable bonds is 3. The smallest absolute Gasteiger partial charge is 0.255 e. The topological polar surface area (TPSA) is 190 Å². The van der Waals surface area contributed by atoms with Gasteiger partial charge in [-0.15, -0.1) is 0 Å². The Hall–Kier alpha value is -3.67. The Labute approximate surface area is 209 Å². The second-order valence-electron chi connectivity index (χ2n) is 9.53. The molecule has 36 heavy (non-hydrogen) atoms. The Kier molecular flexibility index (Phi) is 5.29. The van der Waals surface area contributed by atoms with E-state index < -0.39 is 63.8 Å². The van der Waals surface area contributed by atoms with Gasteiger partial charge >= 0.3 is 0 Å². The SMILES string of the molecule is CN(C)[C@@H]1C(O)=C(C(N)=O)C(=O)[C@@]2(O)C(O)=C3C(=O)c4c(O)cc(-c5cc[nH]n5)c(Cl)c4C[C@H]3C[C@@H]12. The molecule has 0 fully saturated rings. The number of primary amides is 1. The number of aliphatic hydroxyl groups excluding tert-OH is 2. The van der Waals surface area contributed by atoms with Crippen LogP contribution >= 0.6 is 11.6 Å². The minimum absolute atomic E-state index is 0.0184. The van der Waals surface area contributed by atoms with Gasteiger partial charge in [-0.25, -0.2) is 0 Å². The van der Waals surface area contributed by atoms with E-state index in [1.165, 1.54) is 11.0 Å². The molecule has 1 heterocycles. The molecule has 3 aliphatic carbocycles. The number of amides is 1. The number of phenols is 1. The lowest BCUT2D eigenvalue weighted by Gasteiger charge is -2.50. The van der Waals surface area contributed by atoms with Crippen molar-refractivity contribution in [2.45, 2.75) is 24.5 Å². The molecule has 1 amide bonds. The summed E-state index contributed by atoms with van der Waals surface area (Å²) in [6.07, 6.45) is 1.66. The number of Topliss-reactive ketones (excluding diaryl/α,β-unsaturated/α-hetero) is 2. The third kappa shape index (κ3) is 3.00. The van der Waals surface area contributed by atoms with E-state index >= 15 is 0 Å². The zero-order chi connectivity index (χ0) is 26.3. The molecule has 12 heteroatoms. The van der Waals surface area contributed by atoms with E-state index in [0.29, 0.717) is 16.8 Å². The van der Waals surface area contributed by atoms with Crippen LogP contribution in [0.2, 0.25) is 5.02 Å². The molecule has 0 aliphatic heterocycles. The van der Waals surface area contributed by atoms with Gasteiger partial charge in [-0.1, -0.05) is 11.6 Å². The molecule has 0 spiro atoms. The minimum Gasteiger partial charge on any atom is -0.510 e. The van der Waals surface area contributed by atoms with Crippen LogP contribution in [0.5, 0.6) is 5.75 Å². The maximum atomic E-state index is 13.6. The first kappa shape index (κ1) is 24.0. The third-order valence-corrected chi connectivity index (χ3v) is 7.86. The van der Waals surface area contributed by atoms with Gasteiger partial charge in [-0.2, -0.15) is 5.10 Å². The van der Waals surface area contributed by atoms with Crippen LogP contribution in [0.1, 0.15) is 22.3 Å². The number of aromatic nitrogens is 2. The molecule has 0 unspecified atom stereocenters. The highest BCUT2D eigenvalue weighted by molar-refractivity contribution is 6.35. The highest BCUT2D eigenvalue weighted by atomic mass is 35.5. The van der Waals surface area contributed by atoms with Gasteiger partial charge in [0.25, 0.3) is 5.91 Å². The number of likely N-dealkylation sites (N-methyl/N-ethyl adjacent to an activating group) is 1. The Morgan fingerprint density at radius 2 is 1.97 bits per heavy atom. The van der Waals surface area contributed by atoms with Crippen LogP contribution in [-0.4, -0.2) is 78.7 Å². The van der Waals surface area contributed by atoms with E-state index in [2.05, 4.69) is 10.2 Å². The van der Waals surface area contributed by atoms with Crippen molar-refractivity contribution in [3.8, 4) is 17.0 Å². The lowest BCUT2D eigenvalue weighted by molar-refractivity contribution is -0.148. The molecule has 1 aromatic carbocycles. The fraction of sp³-hybridized carbons (Fsp3) is 0.333. The minimum atomic E-state index is -2.68. The number of hydrogen-bond acceptors (Lipinski definition) is 9. The van der Waals surface area contributed by atoms with Crippen molar-refractivity contribution in [2.75, 3.05) is 14.1 Å². The van der Waals surface area contributed by atoms with Gasteiger partial charge < -0.3 is 26.2 Å². The Balaban J connectivity index is 1.72. The maximum absolute atomic E-state index is 13.6. The van der Waals surface area contributed by atoms with Crippen LogP contribution in [-0.2, 0) is 16.0 Å². The molecule has 11 nitrogen and oxygen atoms in total. The normalized spacial score (nSPS) is 27.8. The van der Waals surface area contributed by atoms with E-state index in [1.54, 1.807) is 26.4 Å². The molecule has 188 valence electrons. The van der Waals surface area contributed by atoms with Crippen LogP contribution < -0.4 is 5.73 Å². The zero-order valence-electron chi connectivity index (χ0n) is 19.2. The van der Waals surface area contributed by atoms with E-state index in [-0.39, 0.29) is 29.0 Å². The summed E-state index contributed by atoms with van der Waals surface area (Å²) >= 11 is 6.66. The molecule has 5 rings (SSSR count). The van der Waals surface area contributed by atoms with Crippen molar-refractivity contribution in [3.63, 3.8) is 0 Å². The summed E-state index contributed by atoms with van der Waals surface area (Å²) in [6, 6.07) is 1.87. The number of aromatic amines is 1. The van der Waals surface area contributed by atoms with Crippen LogP contribution in [0.25, 0.3) is 11.3 Å². The summed E-state index contributed by atoms with van der Waals surface area (Å²) in [7, 11) is 3.14. The summed E-state index contributed by atoms with van der Waals surface area (Å²) in [4.78, 5) is 40.4. The number of ketones is 2. The number of fused-ring (bicyclic) bond motifs is 3. The molecular formula is C24H23ClN4O7. The number of phenolic OH excluding ortho intramolecular Hbond substituents is 1. The van der Waals surface area contributed by atoms with E-state index in [0.717, 1.165) is 0 Å². The fourth-order valence-corrected chi connectivity index (χ4v) is 6.21. The van der Waals surface area contributed by atoms with Crippen LogP contribution in [0.4, 0.5) is 0 Å². The first-order chi connectivity index (χ1) is 16.9. The van der Waals surface area contributed by atoms with Gasteiger partial charge in [0.1, 0.15) is 22.8 Å². The molecule has 3 aliphatic rings. The highest BCUT2D eigenvalue weighted by Crippen LogP contribution is 2.53. The lowest BCUT2D eigenvalue weighted by atomic mass is 9.58. The van der Waals surface area contributed by atoms with E-state index in [1.807, 2.05) is 0 Å². The number of hydrogen-bond donors (Lipinski definition) is 6. The van der Waals surface area contributed by atoms with Gasteiger partial charge in [0, 0.05) is 23.3 Å². The molecule has 7 N–H and O–H groups in total. The molecule has 2 aromatic rings. The predicted octanol–water partition coefficient (Wildman–Crippen LogP) is 1.16. The first-order valence-electron chi connectivity index (χ1n) is 11.1. The maximum Gasteiger partial charge on any atom is 0.255 e. The predicted molar refractivity (Wildman–Crippen MR) is 126 cm³/mol. The van der Waals surface area contributed by atoms with Crippen molar-refractivity contribution >= 4 is 29.1 Å². The zero-order valence-corrected chi connectivity index (χ0v) is 20.0. The van der Waals surface area contributed by atoms with Gasteiger partial charge in [-0.3, -0.25) is 24.4 Å². The summed E-state index contributed by atoms with van der Waals surface area (Å²) in [5, 5.41) is 51.3. The number of carbonyl (C=O) groups is 3. The number of halogens is 1. The van der Waals surface area contributed by atoms with Gasteiger partial charge in [0.2, 0.25) is 5.78 Å². The number of allylic oxidation sites excluding steroid dienone is 1. The number of aromatic hydroxyl groups is 1. The Morgan fingerprint density at radius 1 is 1.28 bits per heavy atom. The van der Waals surface area contributed by atoms with Crippen molar-refractivity contribution < 1.29 is 34.8 Å². The number of nitrogens with one attached hydrogen (secondary N) is 1. The number of H-pyrrole nitrogens is 1. The number of nitrogens with zero attached hydrogens (tertiary/aromatic N) is 2. The molecule has 0 saturated heterocycles. The van der Waals surface area contributed by atoms with Crippen molar-refractivity contribution in [1.29, 1.82) is 0 Å². The average Bonchev–Trinajstić information content (AvgIpc) is 3.32. The van der Waals surface area contributed by atoms with E-state index in [9.17, 15) is 34.8 Å². The van der Waals surface area contributed by atoms with Crippen LogP contribution in [0.15, 0.2) is 41.0 Å². The van der Waals surface area contributed by atoms with Gasteiger partial charge in [0.15, 0.2) is 11.4 Å². The summed E-state index contributed by atoms with van der Waals surface area (Å²) in [5.41, 5.74) is 2.59. The second kappa shape index (κ2) is 7.92. The number of aliphatic hydroxyl groups is 3. The third-order valence-electron chi connectivity index (χ3n) is 7.43. The lowest BCUT2D eigenvalue weighted by Crippen LogP contribution is -2.63. The monoisotopic (exact) mass is 514 g/mol. The molecule has 4 atom stereocenters. The number of benzene rings is 1. The standard InChI is InChI=1S/C24H23ClN4O7/c1-29(2)18-11-6-8-5-10-15(13(30)7-9(17(10)25)12-3-4-27-28-12)19(31)14(8)21(33)24(11,36)22(34)16(20(18)32)23(26)35/h3-4,7-8,11,18,30,32-33,36H,5-6H2,1-2H3,(H2,26,35)(H,27,28)/t8-,11-,18-,24-/m0/s1. The molecule has 0 saturated carbocycles. The fourth-order valence-electron chi connectivity index (χ4n) is 5.89. The summed E-state index contributed by atoms with van der Waals surface area (Å²) in [6.45, 7) is 0. The van der Waals surface area contributed by atoms with Crippen molar-refractivity contribution in [1.82, 2.24) is 15.1 Å². The molecule has 0 radical (unpaired) electrons. The average molecular weight is 515 g/mol. The van der Waals surface area contributed by atoms with E-state index in [4.69, 9.17) is 17.3 Å². The summed E-state index contributed by atoms with van der Waals surface area (Å²) < 4.78 is 0. The number of nitrogens with two attached hydrogens (primary N) is 1. The van der Waals surface area contributed by atoms with Crippen LogP contribution in [0, 0.1) is 11.8 Å². The molecule has 1 aromatic heterocycles. The summed E-state index contributed by atoms with van der Waals surface area (Å²) in [5.74, 6) is -7.11. The van der Waals surface area contributed by atoms with Crippen molar-refractivity contribution in [2.24, 2.45) is 17.6 Å². The molecular weight excluding hydrogens is 492 g/mol. The number of carbonyl (C=O) groups excluding carboxylic acids is 3. The Morgan fingerprint density at radius 3 is 2.56 bits per heavy atom. The van der Waals surface area contributed by atoms with Crippen LogP contribution in [0.3, 0.4) is 0 Å². The first-order valence-corrected chi connectivity index (χ1v) is 11.5. The molecule has 0 bridgehead atoms. The largest absolute Gasteiger partial charge is 0.510 e. The quantitative estimate of drug-likeness (QED) is 0.326. The van der Waals surface area contributed by atoms with Gasteiger partial charge in [-0.05, 0) is 50.6 Å². The van der Waals surface area contributed by atoms with Gasteiger partial charge in [0.05, 0.1) is 22.3 Å². The second-order valence-corrected chi connectivity index (χ2v) is 9.91. The Bertz CT molecular complexity index is 1410.